The zero-order valence-electron chi connectivity index (χ0n) is 13.8. The lowest BCUT2D eigenvalue weighted by Crippen LogP contribution is -2.26. The molecule has 1 aliphatic carbocycles. The van der Waals surface area contributed by atoms with Gasteiger partial charge in [-0.3, -0.25) is 4.79 Å². The summed E-state index contributed by atoms with van der Waals surface area (Å²) in [5, 5.41) is 11.8. The van der Waals surface area contributed by atoms with Gasteiger partial charge in [0.15, 0.2) is 5.16 Å². The van der Waals surface area contributed by atoms with Crippen LogP contribution in [0.3, 0.4) is 0 Å². The van der Waals surface area contributed by atoms with E-state index in [1.54, 1.807) is 13.4 Å². The van der Waals surface area contributed by atoms with Crippen molar-refractivity contribution in [3.8, 4) is 0 Å². The number of amides is 1. The molecule has 23 heavy (non-hydrogen) atoms. The highest BCUT2D eigenvalue weighted by atomic mass is 32.2. The summed E-state index contributed by atoms with van der Waals surface area (Å²) < 4.78 is 7.00. The van der Waals surface area contributed by atoms with E-state index in [0.29, 0.717) is 12.4 Å². The van der Waals surface area contributed by atoms with Gasteiger partial charge in [0.2, 0.25) is 5.91 Å². The maximum absolute atomic E-state index is 11.9. The molecule has 1 aliphatic rings. The van der Waals surface area contributed by atoms with Crippen molar-refractivity contribution >= 4 is 17.7 Å². The molecule has 128 valence electrons. The molecule has 0 fully saturated rings. The maximum atomic E-state index is 11.9. The molecule has 1 heterocycles. The molecule has 7 heteroatoms. The van der Waals surface area contributed by atoms with Crippen molar-refractivity contribution in [1.29, 1.82) is 0 Å². The summed E-state index contributed by atoms with van der Waals surface area (Å²) in [6, 6.07) is 0. The highest BCUT2D eigenvalue weighted by Crippen LogP contribution is 2.19. The number of ether oxygens (including phenoxy) is 1. The minimum absolute atomic E-state index is 0.0536. The zero-order valence-corrected chi connectivity index (χ0v) is 14.6. The Hall–Kier alpha value is -1.34. The molecule has 1 aromatic heterocycles. The van der Waals surface area contributed by atoms with E-state index in [1.807, 2.05) is 4.57 Å². The van der Waals surface area contributed by atoms with Crippen LogP contribution < -0.4 is 5.32 Å². The van der Waals surface area contributed by atoms with Crippen LogP contribution in [-0.4, -0.2) is 46.7 Å². The van der Waals surface area contributed by atoms with Gasteiger partial charge in [-0.25, -0.2) is 0 Å². The van der Waals surface area contributed by atoms with Crippen molar-refractivity contribution in [3.63, 3.8) is 0 Å². The Kier molecular flexibility index (Phi) is 8.17. The number of nitrogens with zero attached hydrogens (tertiary/aromatic N) is 3. The van der Waals surface area contributed by atoms with Gasteiger partial charge in [0, 0.05) is 26.8 Å². The van der Waals surface area contributed by atoms with Crippen molar-refractivity contribution < 1.29 is 9.53 Å². The van der Waals surface area contributed by atoms with Crippen molar-refractivity contribution in [2.75, 3.05) is 26.0 Å². The standard InChI is InChI=1S/C16H26N4O2S/c1-22-11-5-10-20-13-18-19-16(20)23-12-15(21)17-9-8-14-6-3-2-4-7-14/h6,13H,2-5,7-12H2,1H3,(H,17,21). The first-order valence-electron chi connectivity index (χ1n) is 8.23. The van der Waals surface area contributed by atoms with E-state index >= 15 is 0 Å². The largest absolute Gasteiger partial charge is 0.385 e. The molecular formula is C16H26N4O2S. The molecule has 0 atom stereocenters. The number of aromatic nitrogens is 3. The molecule has 2 rings (SSSR count). The number of aryl methyl sites for hydroxylation is 1. The lowest BCUT2D eigenvalue weighted by Gasteiger charge is -2.12. The number of carbonyl (C=O) groups is 1. The average Bonchev–Trinajstić information content (AvgIpc) is 3.02. The molecule has 0 bridgehead atoms. The monoisotopic (exact) mass is 338 g/mol. The van der Waals surface area contributed by atoms with E-state index < -0.39 is 0 Å². The van der Waals surface area contributed by atoms with Crippen LogP contribution in [-0.2, 0) is 16.1 Å². The average molecular weight is 338 g/mol. The van der Waals surface area contributed by atoms with Crippen molar-refractivity contribution in [2.24, 2.45) is 0 Å². The minimum atomic E-state index is 0.0536. The number of nitrogens with one attached hydrogen (secondary N) is 1. The third-order valence-electron chi connectivity index (χ3n) is 3.81. The first-order chi connectivity index (χ1) is 11.3. The van der Waals surface area contributed by atoms with Crippen LogP contribution >= 0.6 is 11.8 Å². The van der Waals surface area contributed by atoms with E-state index in [0.717, 1.165) is 31.1 Å². The molecule has 0 saturated carbocycles. The van der Waals surface area contributed by atoms with Gasteiger partial charge >= 0.3 is 0 Å². The lowest BCUT2D eigenvalue weighted by molar-refractivity contribution is -0.118. The molecule has 0 radical (unpaired) electrons. The van der Waals surface area contributed by atoms with E-state index in [9.17, 15) is 4.79 Å². The molecule has 1 aromatic rings. The molecule has 1 amide bonds. The second-order valence-electron chi connectivity index (χ2n) is 5.65. The number of carbonyl (C=O) groups excluding carboxylic acids is 1. The normalized spacial score (nSPS) is 14.6. The number of hydrogen-bond donors (Lipinski definition) is 1. The minimum Gasteiger partial charge on any atom is -0.385 e. The Morgan fingerprint density at radius 2 is 2.39 bits per heavy atom. The fraction of sp³-hybridized carbons (Fsp3) is 0.688. The zero-order chi connectivity index (χ0) is 16.3. The molecular weight excluding hydrogens is 312 g/mol. The summed E-state index contributed by atoms with van der Waals surface area (Å²) >= 11 is 1.43. The number of thioether (sulfide) groups is 1. The second kappa shape index (κ2) is 10.4. The van der Waals surface area contributed by atoms with Crippen molar-refractivity contribution in [2.45, 2.75) is 50.2 Å². The Bertz CT molecular complexity index is 516. The molecule has 0 unspecified atom stereocenters. The van der Waals surface area contributed by atoms with Crippen LogP contribution in [0, 0.1) is 0 Å². The Morgan fingerprint density at radius 1 is 1.48 bits per heavy atom. The number of allylic oxidation sites excluding steroid dienone is 1. The topological polar surface area (TPSA) is 69.0 Å². The van der Waals surface area contributed by atoms with Crippen molar-refractivity contribution in [3.05, 3.63) is 18.0 Å². The maximum Gasteiger partial charge on any atom is 0.230 e. The highest BCUT2D eigenvalue weighted by Gasteiger charge is 2.09. The number of methoxy groups -OCH3 is 1. The van der Waals surface area contributed by atoms with Crippen LogP contribution in [0.15, 0.2) is 23.1 Å². The molecule has 0 aliphatic heterocycles. The Morgan fingerprint density at radius 3 is 3.17 bits per heavy atom. The van der Waals surface area contributed by atoms with E-state index in [1.165, 1.54) is 43.0 Å². The van der Waals surface area contributed by atoms with E-state index in [4.69, 9.17) is 4.74 Å². The smallest absolute Gasteiger partial charge is 0.230 e. The fourth-order valence-electron chi connectivity index (χ4n) is 2.56. The fourth-order valence-corrected chi connectivity index (χ4v) is 3.34. The van der Waals surface area contributed by atoms with Crippen LogP contribution in [0.2, 0.25) is 0 Å². The highest BCUT2D eigenvalue weighted by molar-refractivity contribution is 7.99. The molecule has 6 nitrogen and oxygen atoms in total. The molecule has 1 N–H and O–H groups in total. The van der Waals surface area contributed by atoms with Crippen LogP contribution in [0.1, 0.15) is 38.5 Å². The second-order valence-corrected chi connectivity index (χ2v) is 6.59. The summed E-state index contributed by atoms with van der Waals surface area (Å²) in [6.07, 6.45) is 10.9. The summed E-state index contributed by atoms with van der Waals surface area (Å²) in [7, 11) is 1.69. The van der Waals surface area contributed by atoms with Gasteiger partial charge in [0.25, 0.3) is 0 Å². The number of hydrogen-bond acceptors (Lipinski definition) is 5. The quantitative estimate of drug-likeness (QED) is 0.403. The van der Waals surface area contributed by atoms with Gasteiger partial charge in [0.1, 0.15) is 6.33 Å². The summed E-state index contributed by atoms with van der Waals surface area (Å²) in [6.45, 7) is 2.24. The van der Waals surface area contributed by atoms with Gasteiger partial charge in [-0.2, -0.15) is 0 Å². The third kappa shape index (κ3) is 6.74. The SMILES string of the molecule is COCCCn1cnnc1SCC(=O)NCCC1=CCCCC1. The predicted octanol–water partition coefficient (Wildman–Crippen LogP) is 2.41. The summed E-state index contributed by atoms with van der Waals surface area (Å²) in [5.41, 5.74) is 1.49. The van der Waals surface area contributed by atoms with Gasteiger partial charge in [-0.1, -0.05) is 23.4 Å². The summed E-state index contributed by atoms with van der Waals surface area (Å²) in [5.74, 6) is 0.431. The Balaban J connectivity index is 1.64. The van der Waals surface area contributed by atoms with Crippen molar-refractivity contribution in [1.82, 2.24) is 20.1 Å². The molecule has 0 saturated heterocycles. The molecule has 0 aromatic carbocycles. The third-order valence-corrected chi connectivity index (χ3v) is 4.79. The van der Waals surface area contributed by atoms with Crippen LogP contribution in [0.4, 0.5) is 0 Å². The van der Waals surface area contributed by atoms with Gasteiger partial charge in [-0.15, -0.1) is 10.2 Å². The Labute approximate surface area is 142 Å². The summed E-state index contributed by atoms with van der Waals surface area (Å²) in [4.78, 5) is 11.9. The van der Waals surface area contributed by atoms with E-state index in [-0.39, 0.29) is 5.91 Å². The molecule has 0 spiro atoms. The first-order valence-corrected chi connectivity index (χ1v) is 9.22. The van der Waals surface area contributed by atoms with E-state index in [2.05, 4.69) is 21.6 Å². The lowest BCUT2D eigenvalue weighted by atomic mass is 9.97. The van der Waals surface area contributed by atoms with Crippen LogP contribution in [0.5, 0.6) is 0 Å². The van der Waals surface area contributed by atoms with Gasteiger partial charge in [-0.05, 0) is 38.5 Å². The first kappa shape index (κ1) is 18.0. The predicted molar refractivity (Wildman–Crippen MR) is 91.4 cm³/mol. The van der Waals surface area contributed by atoms with Crippen LogP contribution in [0.25, 0.3) is 0 Å². The van der Waals surface area contributed by atoms with Gasteiger partial charge < -0.3 is 14.6 Å². The van der Waals surface area contributed by atoms with Gasteiger partial charge in [0.05, 0.1) is 5.75 Å². The number of rotatable bonds is 10.